The fourth-order valence-corrected chi connectivity index (χ4v) is 4.77. The molecule has 1 aromatic rings. The molecule has 0 aliphatic carbocycles. The van der Waals surface area contributed by atoms with Crippen molar-refractivity contribution in [3.8, 4) is 0 Å². The summed E-state index contributed by atoms with van der Waals surface area (Å²) in [4.78, 5) is 45.1. The number of nitrogens with zero attached hydrogens (tertiary/aromatic N) is 3. The van der Waals surface area contributed by atoms with Crippen molar-refractivity contribution >= 4 is 41.0 Å². The highest BCUT2D eigenvalue weighted by atomic mass is 32.2. The van der Waals surface area contributed by atoms with Gasteiger partial charge < -0.3 is 15.0 Å². The number of thioether (sulfide) groups is 1. The van der Waals surface area contributed by atoms with Crippen LogP contribution in [0.5, 0.6) is 0 Å². The Bertz CT molecular complexity index is 714. The van der Waals surface area contributed by atoms with E-state index in [-0.39, 0.29) is 17.7 Å². The maximum Gasteiger partial charge on any atom is 0.410 e. The Morgan fingerprint density at radius 2 is 2.14 bits per heavy atom. The molecule has 2 atom stereocenters. The quantitative estimate of drug-likeness (QED) is 0.792. The molecule has 0 saturated carbocycles. The average molecular weight is 427 g/mol. The maximum absolute atomic E-state index is 13.0. The van der Waals surface area contributed by atoms with E-state index in [1.807, 2.05) is 0 Å². The number of likely N-dealkylation sites (tertiary alicyclic amines) is 1. The summed E-state index contributed by atoms with van der Waals surface area (Å²) in [6.07, 6.45) is 0.0300. The van der Waals surface area contributed by atoms with Gasteiger partial charge in [0, 0.05) is 30.8 Å². The minimum atomic E-state index is -0.634. The van der Waals surface area contributed by atoms with Gasteiger partial charge in [-0.25, -0.2) is 9.78 Å². The Kier molecular flexibility index (Phi) is 6.49. The van der Waals surface area contributed by atoms with Crippen LogP contribution < -0.4 is 5.32 Å². The smallest absolute Gasteiger partial charge is 0.410 e. The van der Waals surface area contributed by atoms with Gasteiger partial charge in [-0.3, -0.25) is 14.5 Å². The molecule has 0 unspecified atom stereocenters. The number of hydrogen-bond acceptors (Lipinski definition) is 7. The highest BCUT2D eigenvalue weighted by Crippen LogP contribution is 2.28. The summed E-state index contributed by atoms with van der Waals surface area (Å²) in [5.41, 5.74) is 1.36. The van der Waals surface area contributed by atoms with E-state index in [1.54, 1.807) is 48.3 Å². The van der Waals surface area contributed by atoms with E-state index in [1.165, 1.54) is 16.2 Å². The second-order valence-corrected chi connectivity index (χ2v) is 9.77. The third-order valence-electron chi connectivity index (χ3n) is 4.58. The molecule has 2 aliphatic heterocycles. The van der Waals surface area contributed by atoms with Crippen LogP contribution in [0.15, 0.2) is 10.9 Å². The van der Waals surface area contributed by atoms with E-state index in [0.717, 1.165) is 5.75 Å². The molecule has 3 amide bonds. The van der Waals surface area contributed by atoms with Crippen molar-refractivity contribution < 1.29 is 19.1 Å². The zero-order valence-electron chi connectivity index (χ0n) is 16.3. The summed E-state index contributed by atoms with van der Waals surface area (Å²) in [7, 11) is 0. The van der Waals surface area contributed by atoms with Crippen LogP contribution in [0.3, 0.4) is 0 Å². The van der Waals surface area contributed by atoms with Crippen molar-refractivity contribution in [3.63, 3.8) is 0 Å². The lowest BCUT2D eigenvalue weighted by molar-refractivity contribution is -0.134. The van der Waals surface area contributed by atoms with E-state index in [0.29, 0.717) is 37.6 Å². The molecule has 1 N–H and O–H groups in total. The van der Waals surface area contributed by atoms with Crippen LogP contribution in [0.1, 0.15) is 37.7 Å². The van der Waals surface area contributed by atoms with Gasteiger partial charge in [-0.2, -0.15) is 0 Å². The van der Waals surface area contributed by atoms with Gasteiger partial charge >= 0.3 is 6.09 Å². The molecule has 28 heavy (non-hydrogen) atoms. The molecule has 10 heteroatoms. The Morgan fingerprint density at radius 1 is 1.36 bits per heavy atom. The monoisotopic (exact) mass is 426 g/mol. The van der Waals surface area contributed by atoms with Crippen molar-refractivity contribution in [3.05, 3.63) is 16.6 Å². The molecule has 3 rings (SSSR count). The molecule has 8 nitrogen and oxygen atoms in total. The summed E-state index contributed by atoms with van der Waals surface area (Å²) < 4.78 is 5.51. The summed E-state index contributed by atoms with van der Waals surface area (Å²) >= 11 is 3.07. The number of aromatic nitrogens is 1. The first-order valence-corrected chi connectivity index (χ1v) is 11.4. The molecule has 154 valence electrons. The zero-order chi connectivity index (χ0) is 20.3. The van der Waals surface area contributed by atoms with Crippen molar-refractivity contribution in [2.24, 2.45) is 5.92 Å². The van der Waals surface area contributed by atoms with Crippen LogP contribution in [0, 0.1) is 5.92 Å². The molecular weight excluding hydrogens is 400 g/mol. The molecule has 2 fully saturated rings. The fourth-order valence-electron chi connectivity index (χ4n) is 3.28. The number of hydrogen-bond donors (Lipinski definition) is 1. The highest BCUT2D eigenvalue weighted by Gasteiger charge is 2.43. The third-order valence-corrected chi connectivity index (χ3v) is 6.13. The van der Waals surface area contributed by atoms with Crippen LogP contribution in [0.25, 0.3) is 0 Å². The van der Waals surface area contributed by atoms with E-state index >= 15 is 0 Å². The summed E-state index contributed by atoms with van der Waals surface area (Å²) in [5.74, 6) is 1.28. The lowest BCUT2D eigenvalue weighted by atomic mass is 10.0. The van der Waals surface area contributed by atoms with Crippen LogP contribution in [-0.2, 0) is 9.53 Å². The summed E-state index contributed by atoms with van der Waals surface area (Å²) in [6, 6.07) is -0.547. The number of ether oxygens (including phenoxy) is 1. The standard InChI is InChI=1S/C18H26N4O4S2/c1-18(2,3)26-17(25)22-8-12(7-19-15(23)13-9-28-10-20-13)6-14(22)16(24)21-4-5-27-11-21/h9-10,12,14H,4-8,11H2,1-3H3,(H,19,23)/t12-,14+/m1/s1. The van der Waals surface area contributed by atoms with Gasteiger partial charge in [0.1, 0.15) is 17.3 Å². The van der Waals surface area contributed by atoms with Crippen LogP contribution in [0.2, 0.25) is 0 Å². The number of rotatable bonds is 4. The van der Waals surface area contributed by atoms with E-state index in [4.69, 9.17) is 4.74 Å². The largest absolute Gasteiger partial charge is 0.444 e. The number of amides is 3. The Morgan fingerprint density at radius 3 is 2.75 bits per heavy atom. The highest BCUT2D eigenvalue weighted by molar-refractivity contribution is 7.99. The van der Waals surface area contributed by atoms with Gasteiger partial charge in [0.05, 0.1) is 11.4 Å². The molecular formula is C18H26N4O4S2. The molecule has 0 bridgehead atoms. The first-order valence-electron chi connectivity index (χ1n) is 9.27. The van der Waals surface area contributed by atoms with Crippen molar-refractivity contribution in [1.82, 2.24) is 20.1 Å². The summed E-state index contributed by atoms with van der Waals surface area (Å²) in [6.45, 7) is 6.88. The third kappa shape index (κ3) is 5.16. The maximum atomic E-state index is 13.0. The van der Waals surface area contributed by atoms with E-state index in [9.17, 15) is 14.4 Å². The number of thiazole rings is 1. The molecule has 2 saturated heterocycles. The number of carbonyl (C=O) groups is 3. The molecule has 0 radical (unpaired) electrons. The van der Waals surface area contributed by atoms with E-state index in [2.05, 4.69) is 10.3 Å². The van der Waals surface area contributed by atoms with Gasteiger partial charge in [0.15, 0.2) is 0 Å². The number of nitrogens with one attached hydrogen (secondary N) is 1. The minimum absolute atomic E-state index is 0.0145. The van der Waals surface area contributed by atoms with Crippen LogP contribution in [-0.4, -0.2) is 75.6 Å². The SMILES string of the molecule is CC(C)(C)OC(=O)N1C[C@@H](CNC(=O)c2cscn2)C[C@H]1C(=O)N1CCSC1. The first kappa shape index (κ1) is 20.9. The molecule has 2 aliphatic rings. The van der Waals surface area contributed by atoms with E-state index < -0.39 is 17.7 Å². The lowest BCUT2D eigenvalue weighted by Gasteiger charge is -2.29. The fraction of sp³-hybridized carbons (Fsp3) is 0.667. The first-order chi connectivity index (χ1) is 13.2. The normalized spacial score (nSPS) is 22.4. The molecule has 1 aromatic heterocycles. The van der Waals surface area contributed by atoms with Crippen molar-refractivity contribution in [2.75, 3.05) is 31.3 Å². The van der Waals surface area contributed by atoms with Crippen molar-refractivity contribution in [2.45, 2.75) is 38.8 Å². The molecule has 0 aromatic carbocycles. The predicted molar refractivity (Wildman–Crippen MR) is 108 cm³/mol. The average Bonchev–Trinajstić information content (AvgIpc) is 3.39. The Balaban J connectivity index is 1.65. The van der Waals surface area contributed by atoms with Crippen LogP contribution >= 0.6 is 23.1 Å². The summed E-state index contributed by atoms with van der Waals surface area (Å²) in [5, 5.41) is 4.55. The van der Waals surface area contributed by atoms with Gasteiger partial charge in [-0.1, -0.05) is 0 Å². The van der Waals surface area contributed by atoms with Crippen molar-refractivity contribution in [1.29, 1.82) is 0 Å². The van der Waals surface area contributed by atoms with Gasteiger partial charge in [-0.15, -0.1) is 23.1 Å². The zero-order valence-corrected chi connectivity index (χ0v) is 18.0. The molecule has 3 heterocycles. The van der Waals surface area contributed by atoms with Crippen LogP contribution in [0.4, 0.5) is 4.79 Å². The minimum Gasteiger partial charge on any atom is -0.444 e. The Labute approximate surface area is 173 Å². The second-order valence-electron chi connectivity index (χ2n) is 7.97. The van der Waals surface area contributed by atoms with Gasteiger partial charge in [-0.05, 0) is 33.1 Å². The van der Waals surface area contributed by atoms with Gasteiger partial charge in [0.25, 0.3) is 5.91 Å². The predicted octanol–water partition coefficient (Wildman–Crippen LogP) is 2.03. The van der Waals surface area contributed by atoms with Gasteiger partial charge in [0.2, 0.25) is 5.91 Å². The lowest BCUT2D eigenvalue weighted by Crippen LogP contribution is -2.48. The number of carbonyl (C=O) groups excluding carboxylic acids is 3. The topological polar surface area (TPSA) is 91.8 Å². The Hall–Kier alpha value is -1.81. The second kappa shape index (κ2) is 8.69. The molecule has 0 spiro atoms.